The van der Waals surface area contributed by atoms with Crippen molar-refractivity contribution < 1.29 is 0 Å². The minimum Gasteiger partial charge on any atom is -0.370 e. The molecule has 0 aliphatic heterocycles. The van der Waals surface area contributed by atoms with Gasteiger partial charge in [-0.1, -0.05) is 43.7 Å². The van der Waals surface area contributed by atoms with Crippen molar-refractivity contribution in [1.29, 1.82) is 0 Å². The van der Waals surface area contributed by atoms with Gasteiger partial charge in [-0.15, -0.1) is 0 Å². The van der Waals surface area contributed by atoms with Gasteiger partial charge in [0, 0.05) is 24.8 Å². The van der Waals surface area contributed by atoms with E-state index in [1.54, 1.807) is 0 Å². The topological polar surface area (TPSA) is 49.8 Å². The van der Waals surface area contributed by atoms with Crippen LogP contribution in [0.3, 0.4) is 0 Å². The second-order valence-corrected chi connectivity index (χ2v) is 5.83. The zero-order chi connectivity index (χ0) is 15.2. The molecule has 0 saturated carbocycles. The van der Waals surface area contributed by atoms with Crippen LogP contribution in [-0.4, -0.2) is 16.5 Å². The van der Waals surface area contributed by atoms with E-state index in [2.05, 4.69) is 65.6 Å². The van der Waals surface area contributed by atoms with Crippen LogP contribution in [0.5, 0.6) is 0 Å². The highest BCUT2D eigenvalue weighted by atomic mass is 15.1. The van der Waals surface area contributed by atoms with Crippen LogP contribution in [0.2, 0.25) is 0 Å². The molecular formula is C17H24N4. The first-order valence-corrected chi connectivity index (χ1v) is 7.42. The summed E-state index contributed by atoms with van der Waals surface area (Å²) in [5, 5.41) is 6.63. The fourth-order valence-electron chi connectivity index (χ4n) is 1.93. The van der Waals surface area contributed by atoms with Gasteiger partial charge in [-0.3, -0.25) is 0 Å². The van der Waals surface area contributed by atoms with E-state index in [-0.39, 0.29) is 0 Å². The summed E-state index contributed by atoms with van der Waals surface area (Å²) in [5.74, 6) is 2.13. The molecule has 1 heterocycles. The second-order valence-electron chi connectivity index (χ2n) is 5.83. The summed E-state index contributed by atoms with van der Waals surface area (Å²) in [4.78, 5) is 8.94. The first kappa shape index (κ1) is 15.3. The minimum absolute atomic E-state index is 0.587. The highest BCUT2D eigenvalue weighted by Crippen LogP contribution is 2.12. The first-order valence-electron chi connectivity index (χ1n) is 7.42. The minimum atomic E-state index is 0.587. The lowest BCUT2D eigenvalue weighted by molar-refractivity contribution is 0.686. The summed E-state index contributed by atoms with van der Waals surface area (Å²) < 4.78 is 0. The van der Waals surface area contributed by atoms with Crippen LogP contribution in [-0.2, 0) is 6.54 Å². The molecule has 0 fully saturated rings. The third-order valence-corrected chi connectivity index (χ3v) is 3.12. The Balaban J connectivity index is 2.00. The van der Waals surface area contributed by atoms with Crippen LogP contribution in [0.25, 0.3) is 0 Å². The zero-order valence-corrected chi connectivity index (χ0v) is 13.3. The quantitative estimate of drug-likeness (QED) is 0.847. The number of rotatable bonds is 6. The van der Waals surface area contributed by atoms with Gasteiger partial charge in [0.05, 0.1) is 0 Å². The number of hydrogen-bond acceptors (Lipinski definition) is 4. The molecule has 0 amide bonds. The SMILES string of the molecule is Cc1ccc(CNc2nc(C)cc(NCC(C)C)n2)cc1. The number of nitrogens with one attached hydrogen (secondary N) is 2. The summed E-state index contributed by atoms with van der Waals surface area (Å²) in [7, 11) is 0. The standard InChI is InChI=1S/C17H24N4/c1-12(2)10-18-16-9-14(4)20-17(21-16)19-11-15-7-5-13(3)6-8-15/h5-9,12H,10-11H2,1-4H3,(H2,18,19,20,21). The Hall–Kier alpha value is -2.10. The van der Waals surface area contributed by atoms with Crippen LogP contribution in [0, 0.1) is 19.8 Å². The van der Waals surface area contributed by atoms with Gasteiger partial charge in [-0.25, -0.2) is 4.98 Å². The van der Waals surface area contributed by atoms with E-state index in [0.717, 1.165) is 24.6 Å². The summed E-state index contributed by atoms with van der Waals surface area (Å²) in [6.45, 7) is 10.1. The number of benzene rings is 1. The maximum atomic E-state index is 4.50. The average Bonchev–Trinajstić information content (AvgIpc) is 2.44. The molecule has 4 heteroatoms. The molecule has 112 valence electrons. The van der Waals surface area contributed by atoms with Crippen molar-refractivity contribution in [2.45, 2.75) is 34.2 Å². The molecular weight excluding hydrogens is 260 g/mol. The largest absolute Gasteiger partial charge is 0.370 e. The number of hydrogen-bond donors (Lipinski definition) is 2. The number of nitrogens with zero attached hydrogens (tertiary/aromatic N) is 2. The Bertz CT molecular complexity index is 576. The van der Waals surface area contributed by atoms with Crippen molar-refractivity contribution in [3.8, 4) is 0 Å². The van der Waals surface area contributed by atoms with Crippen molar-refractivity contribution in [1.82, 2.24) is 9.97 Å². The molecule has 1 aromatic heterocycles. The van der Waals surface area contributed by atoms with Gasteiger partial charge >= 0.3 is 0 Å². The summed E-state index contributed by atoms with van der Waals surface area (Å²) in [5.41, 5.74) is 3.45. The second kappa shape index (κ2) is 7.07. The molecule has 2 N–H and O–H groups in total. The van der Waals surface area contributed by atoms with Crippen LogP contribution < -0.4 is 10.6 Å². The zero-order valence-electron chi connectivity index (χ0n) is 13.3. The number of aryl methyl sites for hydroxylation is 2. The van der Waals surface area contributed by atoms with Crippen molar-refractivity contribution in [3.63, 3.8) is 0 Å². The fourth-order valence-corrected chi connectivity index (χ4v) is 1.93. The molecule has 0 unspecified atom stereocenters. The highest BCUT2D eigenvalue weighted by molar-refractivity contribution is 5.42. The molecule has 0 aliphatic rings. The molecule has 21 heavy (non-hydrogen) atoms. The molecule has 0 radical (unpaired) electrons. The lowest BCUT2D eigenvalue weighted by Crippen LogP contribution is -2.11. The molecule has 0 bridgehead atoms. The van der Waals surface area contributed by atoms with Gasteiger partial charge < -0.3 is 10.6 Å². The van der Waals surface area contributed by atoms with E-state index in [1.807, 2.05) is 13.0 Å². The molecule has 2 aromatic rings. The van der Waals surface area contributed by atoms with Gasteiger partial charge in [0.15, 0.2) is 0 Å². The van der Waals surface area contributed by atoms with E-state index in [1.165, 1.54) is 11.1 Å². The van der Waals surface area contributed by atoms with Gasteiger partial charge in [-0.05, 0) is 25.3 Å². The summed E-state index contributed by atoms with van der Waals surface area (Å²) >= 11 is 0. The van der Waals surface area contributed by atoms with E-state index in [4.69, 9.17) is 0 Å². The van der Waals surface area contributed by atoms with Crippen LogP contribution in [0.4, 0.5) is 11.8 Å². The van der Waals surface area contributed by atoms with E-state index in [9.17, 15) is 0 Å². The Kier molecular flexibility index (Phi) is 5.14. The molecule has 0 aliphatic carbocycles. The van der Waals surface area contributed by atoms with E-state index < -0.39 is 0 Å². The number of aromatic nitrogens is 2. The third-order valence-electron chi connectivity index (χ3n) is 3.12. The van der Waals surface area contributed by atoms with Gasteiger partial charge in [0.1, 0.15) is 5.82 Å². The molecule has 1 aromatic carbocycles. The van der Waals surface area contributed by atoms with Crippen molar-refractivity contribution in [2.75, 3.05) is 17.2 Å². The highest BCUT2D eigenvalue weighted by Gasteiger charge is 2.03. The van der Waals surface area contributed by atoms with E-state index in [0.29, 0.717) is 11.9 Å². The first-order chi connectivity index (χ1) is 10.0. The van der Waals surface area contributed by atoms with E-state index >= 15 is 0 Å². The average molecular weight is 284 g/mol. The van der Waals surface area contributed by atoms with Crippen molar-refractivity contribution in [3.05, 3.63) is 47.2 Å². The molecule has 0 spiro atoms. The summed E-state index contributed by atoms with van der Waals surface area (Å²) in [6.07, 6.45) is 0. The molecule has 0 saturated heterocycles. The van der Waals surface area contributed by atoms with Gasteiger partial charge in [-0.2, -0.15) is 4.98 Å². The fraction of sp³-hybridized carbons (Fsp3) is 0.412. The molecule has 4 nitrogen and oxygen atoms in total. The Morgan fingerprint density at radius 3 is 2.38 bits per heavy atom. The predicted octanol–water partition coefficient (Wildman–Crippen LogP) is 3.77. The van der Waals surface area contributed by atoms with Crippen LogP contribution >= 0.6 is 0 Å². The number of anilines is 2. The van der Waals surface area contributed by atoms with Gasteiger partial charge in [0.2, 0.25) is 5.95 Å². The molecule has 2 rings (SSSR count). The lowest BCUT2D eigenvalue weighted by atomic mass is 10.1. The third kappa shape index (κ3) is 5.06. The van der Waals surface area contributed by atoms with Crippen molar-refractivity contribution >= 4 is 11.8 Å². The van der Waals surface area contributed by atoms with Gasteiger partial charge in [0.25, 0.3) is 0 Å². The lowest BCUT2D eigenvalue weighted by Gasteiger charge is -2.11. The Morgan fingerprint density at radius 2 is 1.71 bits per heavy atom. The maximum Gasteiger partial charge on any atom is 0.225 e. The van der Waals surface area contributed by atoms with Crippen molar-refractivity contribution in [2.24, 2.45) is 5.92 Å². The smallest absolute Gasteiger partial charge is 0.225 e. The monoisotopic (exact) mass is 284 g/mol. The Labute approximate surface area is 127 Å². The maximum absolute atomic E-state index is 4.50. The van der Waals surface area contributed by atoms with Crippen LogP contribution in [0.1, 0.15) is 30.7 Å². The summed E-state index contributed by atoms with van der Waals surface area (Å²) in [6, 6.07) is 10.4. The molecule has 0 atom stereocenters. The normalized spacial score (nSPS) is 10.7. The Morgan fingerprint density at radius 1 is 1.00 bits per heavy atom. The predicted molar refractivity (Wildman–Crippen MR) is 88.6 cm³/mol. The van der Waals surface area contributed by atoms with Crippen LogP contribution in [0.15, 0.2) is 30.3 Å².